The van der Waals surface area contributed by atoms with Gasteiger partial charge >= 0.3 is 18.5 Å². The number of alkyl halides is 9. The van der Waals surface area contributed by atoms with Crippen LogP contribution in [0, 0.1) is 0 Å². The number of halogens is 9. The van der Waals surface area contributed by atoms with Crippen LogP contribution in [0.5, 0.6) is 0 Å². The molecule has 0 radical (unpaired) electrons. The SMILES string of the molecule is O=S(=O)(O)C(C(F)(F)F)C(O)(C(C(F)(F)F)S(=O)(=O)O)C(C(F)(F)F)S(=O)(=O)O. The quantitative estimate of drug-likeness (QED) is 0.279. The van der Waals surface area contributed by atoms with Gasteiger partial charge in [0.25, 0.3) is 30.4 Å². The molecule has 0 spiro atoms. The number of aliphatic hydroxyl groups is 1. The van der Waals surface area contributed by atoms with E-state index in [-0.39, 0.29) is 0 Å². The Bertz CT molecular complexity index is 805. The maximum atomic E-state index is 13.0. The Morgan fingerprint density at radius 3 is 0.690 bits per heavy atom. The minimum absolute atomic E-state index is 5.86. The van der Waals surface area contributed by atoms with Crippen LogP contribution >= 0.6 is 0 Å². The summed E-state index contributed by atoms with van der Waals surface area (Å²) in [6, 6.07) is 0. The fraction of sp³-hybridized carbons (Fsp3) is 1.00. The highest BCUT2D eigenvalue weighted by Crippen LogP contribution is 2.49. The molecule has 0 saturated carbocycles. The predicted octanol–water partition coefficient (Wildman–Crippen LogP) is 0.174. The minimum atomic E-state index is -7.44. The normalized spacial score (nSPS) is 20.6. The molecule has 176 valence electrons. The first-order valence-electron chi connectivity index (χ1n) is 5.91. The summed E-state index contributed by atoms with van der Waals surface area (Å²) in [5, 5.41) is -7.94. The van der Waals surface area contributed by atoms with Crippen LogP contribution in [0.3, 0.4) is 0 Å². The molecule has 0 amide bonds. The third-order valence-electron chi connectivity index (χ3n) is 3.05. The topological polar surface area (TPSA) is 183 Å². The molecule has 0 aromatic heterocycles. The van der Waals surface area contributed by atoms with Gasteiger partial charge in [0.2, 0.25) is 15.7 Å². The Hall–Kier alpha value is -0.940. The van der Waals surface area contributed by atoms with Gasteiger partial charge in [-0.15, -0.1) is 0 Å². The van der Waals surface area contributed by atoms with Crippen LogP contribution in [0.25, 0.3) is 0 Å². The second-order valence-electron chi connectivity index (χ2n) is 5.20. The lowest BCUT2D eigenvalue weighted by molar-refractivity contribution is -0.239. The molecule has 22 heteroatoms. The fourth-order valence-electron chi connectivity index (χ4n) is 2.42. The van der Waals surface area contributed by atoms with Crippen LogP contribution in [0.1, 0.15) is 0 Å². The number of hydrogen-bond acceptors (Lipinski definition) is 7. The van der Waals surface area contributed by atoms with Gasteiger partial charge in [-0.3, -0.25) is 13.7 Å². The molecule has 0 saturated heterocycles. The van der Waals surface area contributed by atoms with E-state index in [2.05, 4.69) is 0 Å². The Morgan fingerprint density at radius 2 is 0.621 bits per heavy atom. The van der Waals surface area contributed by atoms with Crippen LogP contribution in [0.2, 0.25) is 0 Å². The molecular weight excluding hydrogens is 511 g/mol. The van der Waals surface area contributed by atoms with Gasteiger partial charge < -0.3 is 5.11 Å². The molecular formula is C7H7F9O10S3. The van der Waals surface area contributed by atoms with Crippen LogP contribution < -0.4 is 0 Å². The molecule has 3 unspecified atom stereocenters. The number of hydrogen-bond donors (Lipinski definition) is 4. The maximum Gasteiger partial charge on any atom is 0.410 e. The molecule has 0 bridgehead atoms. The van der Waals surface area contributed by atoms with Gasteiger partial charge in [0.15, 0.2) is 0 Å². The lowest BCUT2D eigenvalue weighted by Gasteiger charge is -2.43. The van der Waals surface area contributed by atoms with Gasteiger partial charge in [-0.25, -0.2) is 0 Å². The molecule has 3 atom stereocenters. The first-order valence-corrected chi connectivity index (χ1v) is 10.4. The molecule has 10 nitrogen and oxygen atoms in total. The summed E-state index contributed by atoms with van der Waals surface area (Å²) >= 11 is 0. The summed E-state index contributed by atoms with van der Waals surface area (Å²) in [6.07, 6.45) is -21.4. The summed E-state index contributed by atoms with van der Waals surface area (Å²) in [5.41, 5.74) is -6.73. The average molecular weight is 518 g/mol. The highest BCUT2D eigenvalue weighted by molar-refractivity contribution is 7.88. The zero-order valence-corrected chi connectivity index (χ0v) is 15.0. The second kappa shape index (κ2) is 7.33. The van der Waals surface area contributed by atoms with E-state index in [1.165, 1.54) is 0 Å². The summed E-state index contributed by atoms with van der Waals surface area (Å²) < 4.78 is 208. The van der Waals surface area contributed by atoms with E-state index in [4.69, 9.17) is 13.7 Å². The van der Waals surface area contributed by atoms with Gasteiger partial charge in [-0.2, -0.15) is 64.8 Å². The van der Waals surface area contributed by atoms with Crippen LogP contribution in [0.4, 0.5) is 39.5 Å². The predicted molar refractivity (Wildman–Crippen MR) is 69.1 cm³/mol. The van der Waals surface area contributed by atoms with Gasteiger partial charge in [0, 0.05) is 0 Å². The zero-order valence-electron chi connectivity index (χ0n) is 12.6. The molecule has 29 heavy (non-hydrogen) atoms. The molecule has 0 aromatic rings. The first kappa shape index (κ1) is 28.1. The standard InChI is InChI=1S/C7H7F9O10S3/c8-5(9,10)1(27(18,19)20)4(17,2(6(11,12)13)28(21,22)23)3(7(14,15)16)29(24,25)26/h1-3,17H,(H,18,19,20)(H,21,22,23)(H,24,25,26). The van der Waals surface area contributed by atoms with E-state index in [1.807, 2.05) is 0 Å². The molecule has 0 fully saturated rings. The van der Waals surface area contributed by atoms with Crippen molar-refractivity contribution in [1.29, 1.82) is 0 Å². The summed E-state index contributed by atoms with van der Waals surface area (Å²) in [4.78, 5) is 0. The Labute approximate surface area is 154 Å². The van der Waals surface area contributed by atoms with E-state index < -0.39 is 70.2 Å². The third-order valence-corrected chi connectivity index (χ3v) is 6.77. The largest absolute Gasteiger partial charge is 0.410 e. The molecule has 0 aliphatic rings. The second-order valence-corrected chi connectivity index (χ2v) is 9.70. The van der Waals surface area contributed by atoms with Gasteiger partial charge in [-0.05, 0) is 0 Å². The maximum absolute atomic E-state index is 13.0. The van der Waals surface area contributed by atoms with Crippen molar-refractivity contribution in [2.24, 2.45) is 0 Å². The van der Waals surface area contributed by atoms with Gasteiger partial charge in [-0.1, -0.05) is 0 Å². The van der Waals surface area contributed by atoms with Crippen molar-refractivity contribution in [3.05, 3.63) is 0 Å². The van der Waals surface area contributed by atoms with Gasteiger partial charge in [0.05, 0.1) is 0 Å². The Morgan fingerprint density at radius 1 is 0.483 bits per heavy atom. The first-order chi connectivity index (χ1) is 12.1. The highest BCUT2D eigenvalue weighted by Gasteiger charge is 2.80. The van der Waals surface area contributed by atoms with Crippen molar-refractivity contribution < 1.29 is 83.5 Å². The smallest absolute Gasteiger partial charge is 0.384 e. The molecule has 0 heterocycles. The third kappa shape index (κ3) is 6.04. The van der Waals surface area contributed by atoms with Crippen molar-refractivity contribution in [1.82, 2.24) is 0 Å². The summed E-state index contributed by atoms with van der Waals surface area (Å²) in [7, 11) is -22.3. The van der Waals surface area contributed by atoms with Crippen LogP contribution in [0.15, 0.2) is 0 Å². The monoisotopic (exact) mass is 518 g/mol. The lowest BCUT2D eigenvalue weighted by atomic mass is 9.88. The molecule has 0 aliphatic heterocycles. The fourth-order valence-corrected chi connectivity index (χ4v) is 5.94. The van der Waals surface area contributed by atoms with E-state index in [1.54, 1.807) is 0 Å². The summed E-state index contributed by atoms with van der Waals surface area (Å²) in [5.74, 6) is 0. The Balaban J connectivity index is 8.03. The zero-order chi connectivity index (χ0) is 24.2. The Kier molecular flexibility index (Phi) is 7.10. The van der Waals surface area contributed by atoms with Gasteiger partial charge in [0.1, 0.15) is 5.60 Å². The highest BCUT2D eigenvalue weighted by atomic mass is 32.2. The summed E-state index contributed by atoms with van der Waals surface area (Å²) in [6.45, 7) is 0. The average Bonchev–Trinajstić information content (AvgIpc) is 2.11. The molecule has 0 rings (SSSR count). The van der Waals surface area contributed by atoms with Crippen LogP contribution in [-0.2, 0) is 30.4 Å². The van der Waals surface area contributed by atoms with E-state index in [0.717, 1.165) is 0 Å². The molecule has 0 aromatic carbocycles. The van der Waals surface area contributed by atoms with E-state index in [0.29, 0.717) is 0 Å². The molecule has 0 aliphatic carbocycles. The minimum Gasteiger partial charge on any atom is -0.384 e. The van der Waals surface area contributed by atoms with Crippen molar-refractivity contribution in [3.8, 4) is 0 Å². The lowest BCUT2D eigenvalue weighted by Crippen LogP contribution is -2.75. The van der Waals surface area contributed by atoms with Crippen molar-refractivity contribution in [3.63, 3.8) is 0 Å². The van der Waals surface area contributed by atoms with E-state index in [9.17, 15) is 69.9 Å². The number of rotatable bonds is 6. The molecule has 4 N–H and O–H groups in total. The van der Waals surface area contributed by atoms with Crippen LogP contribution in [-0.4, -0.2) is 83.9 Å². The van der Waals surface area contributed by atoms with Crippen molar-refractivity contribution in [2.45, 2.75) is 39.9 Å². The van der Waals surface area contributed by atoms with Crippen molar-refractivity contribution in [2.75, 3.05) is 0 Å². The van der Waals surface area contributed by atoms with Crippen molar-refractivity contribution >= 4 is 30.4 Å². The van der Waals surface area contributed by atoms with E-state index >= 15 is 0 Å².